The molecule has 0 unspecified atom stereocenters. The zero-order valence-electron chi connectivity index (χ0n) is 17.3. The van der Waals surface area contributed by atoms with Crippen LogP contribution in [0.3, 0.4) is 0 Å². The van der Waals surface area contributed by atoms with E-state index in [2.05, 4.69) is 16.7 Å². The van der Waals surface area contributed by atoms with Crippen molar-refractivity contribution in [3.8, 4) is 5.69 Å². The van der Waals surface area contributed by atoms with Crippen molar-refractivity contribution < 1.29 is 9.59 Å². The van der Waals surface area contributed by atoms with Crippen LogP contribution in [0.5, 0.6) is 0 Å². The Labute approximate surface area is 179 Å². The third kappa shape index (κ3) is 3.34. The Balaban J connectivity index is 1.51. The molecule has 0 bridgehead atoms. The number of nitrogens with zero attached hydrogens (tertiary/aromatic N) is 1. The Bertz CT molecular complexity index is 1290. The van der Waals surface area contributed by atoms with Crippen LogP contribution in [-0.4, -0.2) is 22.9 Å². The van der Waals surface area contributed by atoms with Gasteiger partial charge in [-0.2, -0.15) is 0 Å². The SMILES string of the molecule is Cc1ccn(-c2cccc3c2CCC3)c(=O)c1C(=O)Nc1ccc2c(c1)C(=O)NCC2. The lowest BCUT2D eigenvalue weighted by Gasteiger charge is -2.18. The zero-order chi connectivity index (χ0) is 21.5. The summed E-state index contributed by atoms with van der Waals surface area (Å²) in [6.07, 6.45) is 5.53. The predicted molar refractivity (Wildman–Crippen MR) is 119 cm³/mol. The number of hydrogen-bond acceptors (Lipinski definition) is 3. The van der Waals surface area contributed by atoms with Crippen molar-refractivity contribution in [3.63, 3.8) is 0 Å². The van der Waals surface area contributed by atoms with E-state index in [9.17, 15) is 14.4 Å². The minimum atomic E-state index is -0.472. The fraction of sp³-hybridized carbons (Fsp3) is 0.240. The number of nitrogens with one attached hydrogen (secondary N) is 2. The highest BCUT2D eigenvalue weighted by molar-refractivity contribution is 6.06. The molecule has 31 heavy (non-hydrogen) atoms. The molecule has 2 heterocycles. The summed E-state index contributed by atoms with van der Waals surface area (Å²) < 4.78 is 1.58. The summed E-state index contributed by atoms with van der Waals surface area (Å²) in [6, 6.07) is 13.1. The van der Waals surface area contributed by atoms with Crippen LogP contribution in [0.2, 0.25) is 0 Å². The molecule has 5 rings (SSSR count). The van der Waals surface area contributed by atoms with E-state index in [-0.39, 0.29) is 17.0 Å². The molecular weight excluding hydrogens is 390 g/mol. The number of aryl methyl sites for hydroxylation is 2. The smallest absolute Gasteiger partial charge is 0.268 e. The van der Waals surface area contributed by atoms with Crippen LogP contribution in [0, 0.1) is 6.92 Å². The van der Waals surface area contributed by atoms with Crippen LogP contribution in [0.1, 0.15) is 49.4 Å². The first-order chi connectivity index (χ1) is 15.0. The molecule has 0 saturated heterocycles. The van der Waals surface area contributed by atoms with Crippen molar-refractivity contribution in [2.24, 2.45) is 0 Å². The summed E-state index contributed by atoms with van der Waals surface area (Å²) in [7, 11) is 0. The number of benzene rings is 2. The predicted octanol–water partition coefficient (Wildman–Crippen LogP) is 3.17. The van der Waals surface area contributed by atoms with Crippen LogP contribution in [0.15, 0.2) is 53.5 Å². The molecule has 6 nitrogen and oxygen atoms in total. The van der Waals surface area contributed by atoms with Crippen LogP contribution in [0.25, 0.3) is 5.69 Å². The van der Waals surface area contributed by atoms with Gasteiger partial charge in [0.05, 0.1) is 5.69 Å². The highest BCUT2D eigenvalue weighted by Crippen LogP contribution is 2.27. The van der Waals surface area contributed by atoms with Crippen molar-refractivity contribution >= 4 is 17.5 Å². The van der Waals surface area contributed by atoms with Crippen LogP contribution >= 0.6 is 0 Å². The van der Waals surface area contributed by atoms with E-state index < -0.39 is 5.91 Å². The van der Waals surface area contributed by atoms with Gasteiger partial charge in [-0.1, -0.05) is 18.2 Å². The van der Waals surface area contributed by atoms with Crippen molar-refractivity contribution in [1.29, 1.82) is 0 Å². The third-order valence-corrected chi connectivity index (χ3v) is 6.20. The Hall–Kier alpha value is -3.67. The number of carbonyl (C=O) groups is 2. The third-order valence-electron chi connectivity index (χ3n) is 6.20. The Morgan fingerprint density at radius 2 is 1.90 bits per heavy atom. The molecule has 2 amide bonds. The minimum absolute atomic E-state index is 0.111. The molecule has 156 valence electrons. The lowest BCUT2D eigenvalue weighted by atomic mass is 9.99. The minimum Gasteiger partial charge on any atom is -0.352 e. The number of carbonyl (C=O) groups excluding carboxylic acids is 2. The first-order valence-electron chi connectivity index (χ1n) is 10.6. The van der Waals surface area contributed by atoms with Crippen LogP contribution in [-0.2, 0) is 19.3 Å². The van der Waals surface area contributed by atoms with Gasteiger partial charge < -0.3 is 10.6 Å². The number of pyridine rings is 1. The monoisotopic (exact) mass is 413 g/mol. The second-order valence-electron chi connectivity index (χ2n) is 8.15. The van der Waals surface area contributed by atoms with Crippen molar-refractivity contribution in [2.75, 3.05) is 11.9 Å². The second-order valence-corrected chi connectivity index (χ2v) is 8.15. The summed E-state index contributed by atoms with van der Waals surface area (Å²) in [5, 5.41) is 5.62. The van der Waals surface area contributed by atoms with E-state index >= 15 is 0 Å². The summed E-state index contributed by atoms with van der Waals surface area (Å²) in [5.41, 5.74) is 5.69. The lowest BCUT2D eigenvalue weighted by molar-refractivity contribution is 0.0944. The van der Waals surface area contributed by atoms with E-state index in [4.69, 9.17) is 0 Å². The molecule has 0 atom stereocenters. The average Bonchev–Trinajstić information content (AvgIpc) is 3.24. The van der Waals surface area contributed by atoms with Gasteiger partial charge in [0.25, 0.3) is 17.4 Å². The Morgan fingerprint density at radius 3 is 2.77 bits per heavy atom. The Morgan fingerprint density at radius 1 is 1.03 bits per heavy atom. The lowest BCUT2D eigenvalue weighted by Crippen LogP contribution is -2.32. The van der Waals surface area contributed by atoms with Crippen molar-refractivity contribution in [3.05, 3.63) is 92.4 Å². The highest BCUT2D eigenvalue weighted by atomic mass is 16.2. The number of aromatic nitrogens is 1. The molecule has 1 aliphatic heterocycles. The second kappa shape index (κ2) is 7.54. The fourth-order valence-electron chi connectivity index (χ4n) is 4.60. The first-order valence-corrected chi connectivity index (χ1v) is 10.6. The first kappa shape index (κ1) is 19.3. The number of hydrogen-bond donors (Lipinski definition) is 2. The van der Waals surface area contributed by atoms with Crippen molar-refractivity contribution in [1.82, 2.24) is 9.88 Å². The molecule has 2 N–H and O–H groups in total. The molecule has 0 spiro atoms. The highest BCUT2D eigenvalue weighted by Gasteiger charge is 2.22. The van der Waals surface area contributed by atoms with Gasteiger partial charge in [0, 0.05) is 24.0 Å². The standard InChI is InChI=1S/C25H23N3O3/c1-15-11-13-28(21-7-3-5-16-4-2-6-19(16)21)25(31)22(15)24(30)27-18-9-8-17-10-12-26-23(29)20(17)14-18/h3,5,7-9,11,13-14H,2,4,6,10,12H2,1H3,(H,26,29)(H,27,30). The molecule has 3 aromatic rings. The van der Waals surface area contributed by atoms with E-state index in [0.29, 0.717) is 23.4 Å². The number of anilines is 1. The fourth-order valence-corrected chi connectivity index (χ4v) is 4.60. The molecule has 2 aliphatic rings. The van der Waals surface area contributed by atoms with Gasteiger partial charge in [-0.15, -0.1) is 0 Å². The maximum absolute atomic E-state index is 13.3. The normalized spacial score (nSPS) is 14.5. The van der Waals surface area contributed by atoms with Gasteiger partial charge in [0.1, 0.15) is 5.56 Å². The Kier molecular flexibility index (Phi) is 4.70. The summed E-state index contributed by atoms with van der Waals surface area (Å²) in [6.45, 7) is 2.37. The van der Waals surface area contributed by atoms with Gasteiger partial charge in [-0.05, 0) is 79.1 Å². The zero-order valence-corrected chi connectivity index (χ0v) is 17.3. The molecule has 0 saturated carbocycles. The van der Waals surface area contributed by atoms with Crippen LogP contribution in [0.4, 0.5) is 5.69 Å². The average molecular weight is 413 g/mol. The molecule has 1 aromatic heterocycles. The van der Waals surface area contributed by atoms with Gasteiger partial charge in [-0.3, -0.25) is 19.0 Å². The molecule has 6 heteroatoms. The topological polar surface area (TPSA) is 80.2 Å². The maximum atomic E-state index is 13.3. The van der Waals surface area contributed by atoms with E-state index in [1.165, 1.54) is 11.1 Å². The van der Waals surface area contributed by atoms with Crippen molar-refractivity contribution in [2.45, 2.75) is 32.6 Å². The maximum Gasteiger partial charge on any atom is 0.268 e. The largest absolute Gasteiger partial charge is 0.352 e. The van der Waals surface area contributed by atoms with Gasteiger partial charge in [-0.25, -0.2) is 0 Å². The van der Waals surface area contributed by atoms with E-state index in [1.54, 1.807) is 35.9 Å². The molecule has 0 fully saturated rings. The van der Waals surface area contributed by atoms with Gasteiger partial charge in [0.15, 0.2) is 0 Å². The van der Waals surface area contributed by atoms with Gasteiger partial charge in [0.2, 0.25) is 0 Å². The summed E-state index contributed by atoms with van der Waals surface area (Å²) in [5.74, 6) is -0.617. The molecule has 1 aliphatic carbocycles. The quantitative estimate of drug-likeness (QED) is 0.692. The number of fused-ring (bicyclic) bond motifs is 2. The van der Waals surface area contributed by atoms with Crippen LogP contribution < -0.4 is 16.2 Å². The van der Waals surface area contributed by atoms with E-state index in [0.717, 1.165) is 36.9 Å². The summed E-state index contributed by atoms with van der Waals surface area (Å²) >= 11 is 0. The number of rotatable bonds is 3. The van der Waals surface area contributed by atoms with E-state index in [1.807, 2.05) is 18.2 Å². The molecular formula is C25H23N3O3. The van der Waals surface area contributed by atoms with Gasteiger partial charge >= 0.3 is 0 Å². The molecule has 0 radical (unpaired) electrons. The molecule has 2 aromatic carbocycles. The summed E-state index contributed by atoms with van der Waals surface area (Å²) in [4.78, 5) is 38.6. The number of amides is 2.